The summed E-state index contributed by atoms with van der Waals surface area (Å²) in [7, 11) is 0. The van der Waals surface area contributed by atoms with Gasteiger partial charge < -0.3 is 0 Å². The Morgan fingerprint density at radius 2 is 0.600 bits per heavy atom. The van der Waals surface area contributed by atoms with Gasteiger partial charge >= 0.3 is 0 Å². The average Bonchev–Trinajstić information content (AvgIpc) is 3.93. The molecule has 0 radical (unpaired) electrons. The first-order valence-corrected chi connectivity index (χ1v) is 18.6. The predicted octanol–water partition coefficient (Wildman–Crippen LogP) is 13.5. The number of nitrogens with zero attached hydrogens (tertiary/aromatic N) is 2. The fourth-order valence-electron chi connectivity index (χ4n) is 7.80. The maximum atomic E-state index is 4.62. The Balaban J connectivity index is 1.32. The van der Waals surface area contributed by atoms with Gasteiger partial charge in [-0.1, -0.05) is 133 Å². The van der Waals surface area contributed by atoms with E-state index in [1.807, 2.05) is 11.0 Å². The summed E-state index contributed by atoms with van der Waals surface area (Å²) in [6.45, 7) is 0. The number of thiazole rings is 2. The van der Waals surface area contributed by atoms with Gasteiger partial charge in [-0.2, -0.15) is 0 Å². The maximum absolute atomic E-state index is 4.62. The van der Waals surface area contributed by atoms with Gasteiger partial charge in [0.25, 0.3) is 0 Å². The summed E-state index contributed by atoms with van der Waals surface area (Å²) >= 11 is 3.26. The lowest BCUT2D eigenvalue weighted by Crippen LogP contribution is -1.95. The highest BCUT2D eigenvalue weighted by molar-refractivity contribution is 7.08. The SMILES string of the molecule is c1cc(-c2cscn2)cc(-c2c3ccccc3c(-c3c4ccccc4c(-c4cccc(-c5cscn5)c4)c4ccccc34)c3ccccc23)c1. The molecule has 50 heavy (non-hydrogen) atoms. The number of aromatic nitrogens is 2. The van der Waals surface area contributed by atoms with Gasteiger partial charge in [0.2, 0.25) is 0 Å². The lowest BCUT2D eigenvalue weighted by atomic mass is 9.81. The fourth-order valence-corrected chi connectivity index (χ4v) is 8.92. The largest absolute Gasteiger partial charge is 0.245 e. The van der Waals surface area contributed by atoms with Gasteiger partial charge in [0, 0.05) is 21.9 Å². The van der Waals surface area contributed by atoms with E-state index in [1.54, 1.807) is 22.7 Å². The van der Waals surface area contributed by atoms with Gasteiger partial charge in [-0.15, -0.1) is 22.7 Å². The van der Waals surface area contributed by atoms with Crippen LogP contribution in [-0.2, 0) is 0 Å². The summed E-state index contributed by atoms with van der Waals surface area (Å²) < 4.78 is 0. The highest BCUT2D eigenvalue weighted by Crippen LogP contribution is 2.50. The normalized spacial score (nSPS) is 11.6. The summed E-state index contributed by atoms with van der Waals surface area (Å²) in [6.07, 6.45) is 0. The molecule has 2 nitrogen and oxygen atoms in total. The zero-order chi connectivity index (χ0) is 33.0. The van der Waals surface area contributed by atoms with Crippen molar-refractivity contribution >= 4 is 65.8 Å². The highest BCUT2D eigenvalue weighted by Gasteiger charge is 2.22. The Labute approximate surface area is 297 Å². The molecule has 4 heteroatoms. The fraction of sp³-hybridized carbons (Fsp3) is 0. The third-order valence-corrected chi connectivity index (χ3v) is 11.0. The van der Waals surface area contributed by atoms with Crippen molar-refractivity contribution < 1.29 is 0 Å². The van der Waals surface area contributed by atoms with E-state index in [0.29, 0.717) is 0 Å². The summed E-state index contributed by atoms with van der Waals surface area (Å²) in [5.74, 6) is 0. The maximum Gasteiger partial charge on any atom is 0.0811 e. The van der Waals surface area contributed by atoms with Crippen LogP contribution < -0.4 is 0 Å². The number of fused-ring (bicyclic) bond motifs is 4. The molecule has 0 unspecified atom stereocenters. The Morgan fingerprint density at radius 3 is 0.900 bits per heavy atom. The minimum Gasteiger partial charge on any atom is -0.245 e. The minimum atomic E-state index is 1.01. The Hall–Kier alpha value is -5.94. The molecule has 234 valence electrons. The third kappa shape index (κ3) is 4.61. The molecule has 0 bridgehead atoms. The lowest BCUT2D eigenvalue weighted by molar-refractivity contribution is 1.41. The van der Waals surface area contributed by atoms with Gasteiger partial charge in [-0.05, 0) is 88.6 Å². The molecule has 8 aromatic carbocycles. The Bertz CT molecular complexity index is 2560. The van der Waals surface area contributed by atoms with E-state index in [4.69, 9.17) is 0 Å². The molecule has 0 fully saturated rings. The van der Waals surface area contributed by atoms with E-state index in [2.05, 4.69) is 166 Å². The molecule has 0 aliphatic rings. The molecular formula is C46H28N2S2. The van der Waals surface area contributed by atoms with E-state index in [-0.39, 0.29) is 0 Å². The first-order chi connectivity index (χ1) is 24.8. The number of benzene rings is 8. The van der Waals surface area contributed by atoms with E-state index < -0.39 is 0 Å². The van der Waals surface area contributed by atoms with Gasteiger partial charge in [-0.3, -0.25) is 0 Å². The van der Waals surface area contributed by atoms with Gasteiger partial charge in [0.1, 0.15) is 0 Å². The van der Waals surface area contributed by atoms with Crippen LogP contribution in [0.4, 0.5) is 0 Å². The smallest absolute Gasteiger partial charge is 0.0811 e. The Kier molecular flexibility index (Phi) is 6.90. The van der Waals surface area contributed by atoms with E-state index >= 15 is 0 Å². The van der Waals surface area contributed by atoms with E-state index in [1.165, 1.54) is 76.5 Å². The van der Waals surface area contributed by atoms with Crippen molar-refractivity contribution in [2.24, 2.45) is 0 Å². The molecule has 0 N–H and O–H groups in total. The van der Waals surface area contributed by atoms with Crippen LogP contribution in [0.15, 0.2) is 167 Å². The molecule has 0 saturated carbocycles. The van der Waals surface area contributed by atoms with Gasteiger partial charge in [0.05, 0.1) is 22.4 Å². The molecule has 0 aliphatic carbocycles. The zero-order valence-corrected chi connectivity index (χ0v) is 28.5. The quantitative estimate of drug-likeness (QED) is 0.170. The van der Waals surface area contributed by atoms with E-state index in [9.17, 15) is 0 Å². The summed E-state index contributed by atoms with van der Waals surface area (Å²) in [5.41, 5.74) is 15.5. The third-order valence-electron chi connectivity index (χ3n) is 9.87. The van der Waals surface area contributed by atoms with Gasteiger partial charge in [0.15, 0.2) is 0 Å². The molecule has 2 heterocycles. The molecule has 0 saturated heterocycles. The van der Waals surface area contributed by atoms with Crippen molar-refractivity contribution in [2.45, 2.75) is 0 Å². The summed E-state index contributed by atoms with van der Waals surface area (Å²) in [4.78, 5) is 9.24. The molecule has 0 amide bonds. The molecule has 10 aromatic rings. The number of hydrogen-bond acceptors (Lipinski definition) is 4. The highest BCUT2D eigenvalue weighted by atomic mass is 32.1. The zero-order valence-electron chi connectivity index (χ0n) is 26.9. The van der Waals surface area contributed by atoms with Crippen LogP contribution in [0.5, 0.6) is 0 Å². The Morgan fingerprint density at radius 1 is 0.300 bits per heavy atom. The second kappa shape index (κ2) is 11.9. The standard InChI is InChI=1S/C46H28N2S2/c1-5-19-37-33(15-1)43(31-13-9-11-29(23-31)41-25-49-27-47-41)34-16-2-6-20-38(34)45(37)46-39-21-7-3-17-35(39)44(36-18-4-8-22-40(36)46)32-14-10-12-30(24-32)42-26-50-28-48-42/h1-28H. The molecule has 0 aliphatic heterocycles. The van der Waals surface area contributed by atoms with Crippen molar-refractivity contribution in [1.82, 2.24) is 9.97 Å². The number of hydrogen-bond donors (Lipinski definition) is 0. The molecular weight excluding hydrogens is 645 g/mol. The first-order valence-electron chi connectivity index (χ1n) is 16.7. The van der Waals surface area contributed by atoms with Gasteiger partial charge in [-0.25, -0.2) is 9.97 Å². The van der Waals surface area contributed by atoms with Crippen molar-refractivity contribution in [2.75, 3.05) is 0 Å². The van der Waals surface area contributed by atoms with Crippen molar-refractivity contribution in [3.63, 3.8) is 0 Å². The topological polar surface area (TPSA) is 25.8 Å². The van der Waals surface area contributed by atoms with Crippen LogP contribution in [0.2, 0.25) is 0 Å². The van der Waals surface area contributed by atoms with Crippen molar-refractivity contribution in [3.05, 3.63) is 167 Å². The van der Waals surface area contributed by atoms with Crippen LogP contribution >= 0.6 is 22.7 Å². The minimum absolute atomic E-state index is 1.01. The van der Waals surface area contributed by atoms with Crippen LogP contribution in [0.1, 0.15) is 0 Å². The van der Waals surface area contributed by atoms with Crippen LogP contribution in [-0.4, -0.2) is 9.97 Å². The molecule has 0 atom stereocenters. The van der Waals surface area contributed by atoms with Crippen molar-refractivity contribution in [1.29, 1.82) is 0 Å². The summed E-state index contributed by atoms with van der Waals surface area (Å²) in [6, 6.07) is 53.5. The average molecular weight is 673 g/mol. The monoisotopic (exact) mass is 672 g/mol. The second-order valence-electron chi connectivity index (χ2n) is 12.6. The van der Waals surface area contributed by atoms with Crippen molar-refractivity contribution in [3.8, 4) is 55.9 Å². The van der Waals surface area contributed by atoms with Crippen LogP contribution in [0.25, 0.3) is 99.0 Å². The molecule has 2 aromatic heterocycles. The molecule has 10 rings (SSSR count). The summed E-state index contributed by atoms with van der Waals surface area (Å²) in [5, 5.41) is 14.2. The van der Waals surface area contributed by atoms with Crippen LogP contribution in [0.3, 0.4) is 0 Å². The number of rotatable bonds is 5. The second-order valence-corrected chi connectivity index (χ2v) is 14.0. The molecule has 0 spiro atoms. The van der Waals surface area contributed by atoms with E-state index in [0.717, 1.165) is 22.5 Å². The first kappa shape index (κ1) is 29.0. The van der Waals surface area contributed by atoms with Crippen LogP contribution in [0, 0.1) is 0 Å². The lowest BCUT2D eigenvalue weighted by Gasteiger charge is -2.22. The predicted molar refractivity (Wildman–Crippen MR) is 215 cm³/mol.